The van der Waals surface area contributed by atoms with Gasteiger partial charge in [0.25, 0.3) is 11.7 Å². The molecule has 1 fully saturated rings. The first-order chi connectivity index (χ1) is 18.4. The number of ether oxygens (including phenoxy) is 2. The molecule has 7 nitrogen and oxygen atoms in total. The summed E-state index contributed by atoms with van der Waals surface area (Å²) in [5.74, 6) is -1.16. The highest BCUT2D eigenvalue weighted by molar-refractivity contribution is 6.51. The van der Waals surface area contributed by atoms with Crippen molar-refractivity contribution < 1.29 is 29.3 Å². The first-order valence-electron chi connectivity index (χ1n) is 12.6. The van der Waals surface area contributed by atoms with E-state index in [1.807, 2.05) is 20.8 Å². The largest absolute Gasteiger partial charge is 0.507 e. The lowest BCUT2D eigenvalue weighted by Gasteiger charge is -2.27. The molecule has 0 aliphatic carbocycles. The number of phenolic OH excluding ortho intramolecular Hbond substituents is 1. The van der Waals surface area contributed by atoms with Crippen molar-refractivity contribution in [3.63, 3.8) is 0 Å². The smallest absolute Gasteiger partial charge is 0.300 e. The average molecular weight is 550 g/mol. The van der Waals surface area contributed by atoms with E-state index in [9.17, 15) is 19.8 Å². The highest BCUT2D eigenvalue weighted by Gasteiger charge is 2.47. The number of halogens is 1. The van der Waals surface area contributed by atoms with Crippen LogP contribution in [0.15, 0.2) is 60.2 Å². The molecule has 39 heavy (non-hydrogen) atoms. The lowest BCUT2D eigenvalue weighted by molar-refractivity contribution is -0.132. The van der Waals surface area contributed by atoms with E-state index < -0.39 is 17.7 Å². The molecule has 0 radical (unpaired) electrons. The van der Waals surface area contributed by atoms with Crippen LogP contribution in [0, 0.1) is 6.92 Å². The van der Waals surface area contributed by atoms with Crippen LogP contribution < -0.4 is 14.4 Å². The van der Waals surface area contributed by atoms with Gasteiger partial charge in [-0.05, 0) is 78.9 Å². The lowest BCUT2D eigenvalue weighted by Crippen LogP contribution is -2.30. The van der Waals surface area contributed by atoms with E-state index in [2.05, 4.69) is 0 Å². The fourth-order valence-electron chi connectivity index (χ4n) is 4.85. The molecule has 204 valence electrons. The molecular formula is C31H32ClNO6. The number of rotatable bonds is 6. The van der Waals surface area contributed by atoms with Crippen LogP contribution in [-0.2, 0) is 15.0 Å². The number of phenols is 1. The second-order valence-corrected chi connectivity index (χ2v) is 10.9. The van der Waals surface area contributed by atoms with Crippen molar-refractivity contribution >= 4 is 34.7 Å². The predicted octanol–water partition coefficient (Wildman–Crippen LogP) is 6.69. The summed E-state index contributed by atoms with van der Waals surface area (Å²) < 4.78 is 11.1. The SMILES string of the molecule is CCOc1cc(C2/C(=C(\O)c3ccc(OC)c(C(C)(C)C)c3)C(=O)C(=O)N2c2ccc(Cl)cc2C)ccc1O. The zero-order valence-electron chi connectivity index (χ0n) is 22.8. The zero-order chi connectivity index (χ0) is 28.6. The molecule has 0 aromatic heterocycles. The maximum atomic E-state index is 13.6. The first kappa shape index (κ1) is 28.0. The maximum absolute atomic E-state index is 13.6. The molecule has 3 aromatic carbocycles. The monoisotopic (exact) mass is 549 g/mol. The zero-order valence-corrected chi connectivity index (χ0v) is 23.6. The third kappa shape index (κ3) is 5.19. The number of amides is 1. The molecule has 1 aliphatic heterocycles. The Morgan fingerprint density at radius 1 is 1.03 bits per heavy atom. The summed E-state index contributed by atoms with van der Waals surface area (Å²) in [4.78, 5) is 28.5. The minimum atomic E-state index is -0.995. The van der Waals surface area contributed by atoms with Crippen LogP contribution in [0.25, 0.3) is 5.76 Å². The first-order valence-corrected chi connectivity index (χ1v) is 13.0. The number of aliphatic hydroxyl groups excluding tert-OH is 1. The number of Topliss-reactive ketones (excluding diaryl/α,β-unsaturated/α-hetero) is 1. The molecule has 1 amide bonds. The summed E-state index contributed by atoms with van der Waals surface area (Å²) in [6.45, 7) is 9.92. The number of anilines is 1. The minimum absolute atomic E-state index is 0.0764. The molecule has 1 heterocycles. The minimum Gasteiger partial charge on any atom is -0.507 e. The Morgan fingerprint density at radius 2 is 1.74 bits per heavy atom. The standard InChI is InChI=1S/C31H32ClNO6/c1-7-39-25-16-18(8-12-23(25)34)27-26(28(35)19-9-13-24(38-6)21(15-19)31(3,4)5)29(36)30(37)33(27)22-11-10-20(32)14-17(22)2/h8-16,27,34-35H,7H2,1-6H3/b28-26+. The van der Waals surface area contributed by atoms with Gasteiger partial charge in [0.05, 0.1) is 25.3 Å². The molecule has 0 spiro atoms. The number of benzene rings is 3. The summed E-state index contributed by atoms with van der Waals surface area (Å²) in [5, 5.41) is 22.4. The van der Waals surface area contributed by atoms with E-state index in [1.165, 1.54) is 11.0 Å². The van der Waals surface area contributed by atoms with Crippen LogP contribution in [0.1, 0.15) is 56.0 Å². The molecule has 0 bridgehead atoms. The van der Waals surface area contributed by atoms with Gasteiger partial charge < -0.3 is 19.7 Å². The number of aromatic hydroxyl groups is 1. The van der Waals surface area contributed by atoms with E-state index in [-0.39, 0.29) is 28.2 Å². The fourth-order valence-corrected chi connectivity index (χ4v) is 5.08. The third-order valence-corrected chi connectivity index (χ3v) is 6.98. The quantitative estimate of drug-likeness (QED) is 0.202. The van der Waals surface area contributed by atoms with Crippen molar-refractivity contribution in [2.24, 2.45) is 0 Å². The van der Waals surface area contributed by atoms with Gasteiger partial charge in [-0.1, -0.05) is 38.4 Å². The number of carbonyl (C=O) groups excluding carboxylic acids is 2. The summed E-state index contributed by atoms with van der Waals surface area (Å²) in [5.41, 5.74) is 2.44. The van der Waals surface area contributed by atoms with Gasteiger partial charge in [0.15, 0.2) is 11.5 Å². The Hall–Kier alpha value is -3.97. The molecule has 3 aromatic rings. The summed E-state index contributed by atoms with van der Waals surface area (Å²) in [6, 6.07) is 13.8. The van der Waals surface area contributed by atoms with Gasteiger partial charge in [0.1, 0.15) is 11.5 Å². The van der Waals surface area contributed by atoms with E-state index in [0.717, 1.165) is 5.56 Å². The van der Waals surface area contributed by atoms with Gasteiger partial charge in [-0.3, -0.25) is 14.5 Å². The summed E-state index contributed by atoms with van der Waals surface area (Å²) in [7, 11) is 1.57. The van der Waals surface area contributed by atoms with E-state index in [4.69, 9.17) is 21.1 Å². The van der Waals surface area contributed by atoms with Crippen LogP contribution in [0.5, 0.6) is 17.2 Å². The Morgan fingerprint density at radius 3 is 2.36 bits per heavy atom. The molecular weight excluding hydrogens is 518 g/mol. The third-order valence-electron chi connectivity index (χ3n) is 6.74. The van der Waals surface area contributed by atoms with Gasteiger partial charge in [0.2, 0.25) is 0 Å². The van der Waals surface area contributed by atoms with Crippen molar-refractivity contribution in [1.29, 1.82) is 0 Å². The van der Waals surface area contributed by atoms with Crippen molar-refractivity contribution in [3.05, 3.63) is 87.4 Å². The van der Waals surface area contributed by atoms with E-state index in [1.54, 1.807) is 69.5 Å². The number of hydrogen-bond acceptors (Lipinski definition) is 6. The van der Waals surface area contributed by atoms with E-state index in [0.29, 0.717) is 39.8 Å². The van der Waals surface area contributed by atoms with Crippen LogP contribution in [0.4, 0.5) is 5.69 Å². The average Bonchev–Trinajstić information content (AvgIpc) is 3.14. The van der Waals surface area contributed by atoms with Crippen molar-refractivity contribution in [2.45, 2.75) is 46.1 Å². The van der Waals surface area contributed by atoms with Crippen LogP contribution in [0.2, 0.25) is 5.02 Å². The van der Waals surface area contributed by atoms with Crippen LogP contribution in [-0.4, -0.2) is 35.6 Å². The maximum Gasteiger partial charge on any atom is 0.300 e. The molecule has 8 heteroatoms. The van der Waals surface area contributed by atoms with E-state index >= 15 is 0 Å². The number of methoxy groups -OCH3 is 1. The van der Waals surface area contributed by atoms with Crippen molar-refractivity contribution in [1.82, 2.24) is 0 Å². The van der Waals surface area contributed by atoms with Crippen LogP contribution in [0.3, 0.4) is 0 Å². The summed E-state index contributed by atoms with van der Waals surface area (Å²) in [6.07, 6.45) is 0. The predicted molar refractivity (Wildman–Crippen MR) is 152 cm³/mol. The number of carbonyl (C=O) groups is 2. The molecule has 4 rings (SSSR count). The molecule has 1 aliphatic rings. The second kappa shape index (κ2) is 10.7. The van der Waals surface area contributed by atoms with Gasteiger partial charge in [-0.15, -0.1) is 0 Å². The molecule has 1 atom stereocenters. The Kier molecular flexibility index (Phi) is 7.66. The number of aliphatic hydroxyl groups is 1. The van der Waals surface area contributed by atoms with Gasteiger partial charge in [-0.2, -0.15) is 0 Å². The van der Waals surface area contributed by atoms with Crippen molar-refractivity contribution in [3.8, 4) is 17.2 Å². The number of aryl methyl sites for hydroxylation is 1. The summed E-state index contributed by atoms with van der Waals surface area (Å²) >= 11 is 6.18. The molecule has 0 saturated carbocycles. The van der Waals surface area contributed by atoms with Gasteiger partial charge in [-0.25, -0.2) is 0 Å². The van der Waals surface area contributed by atoms with Gasteiger partial charge in [0, 0.05) is 21.8 Å². The molecule has 1 unspecified atom stereocenters. The number of ketones is 1. The molecule has 1 saturated heterocycles. The highest BCUT2D eigenvalue weighted by Crippen LogP contribution is 2.45. The molecule has 2 N–H and O–H groups in total. The number of nitrogens with zero attached hydrogens (tertiary/aromatic N) is 1. The normalized spacial score (nSPS) is 17.0. The topological polar surface area (TPSA) is 96.3 Å². The number of hydrogen-bond donors (Lipinski definition) is 2. The lowest BCUT2D eigenvalue weighted by atomic mass is 9.84. The fraction of sp³-hybridized carbons (Fsp3) is 0.290. The Labute approximate surface area is 233 Å². The second-order valence-electron chi connectivity index (χ2n) is 10.4. The Balaban J connectivity index is 2.00. The van der Waals surface area contributed by atoms with Crippen LogP contribution >= 0.6 is 11.6 Å². The Bertz CT molecular complexity index is 1490. The van der Waals surface area contributed by atoms with Gasteiger partial charge >= 0.3 is 0 Å². The highest BCUT2D eigenvalue weighted by atomic mass is 35.5. The van der Waals surface area contributed by atoms with Crippen molar-refractivity contribution in [2.75, 3.05) is 18.6 Å².